The number of fused-ring (bicyclic) bond motifs is 2. The summed E-state index contributed by atoms with van der Waals surface area (Å²) in [5.74, 6) is 0. The highest BCUT2D eigenvalue weighted by Crippen LogP contribution is 2.34. The Morgan fingerprint density at radius 1 is 1.17 bits per heavy atom. The average molecular weight is 479 g/mol. The standard InChI is InChI=1S/C20H16Cl2N4O2S2/c1-30(27,28)26-5-4-13-6-12(2-3-18(13)26)17-11-29-19(24-17)8-15-10-25-9-14(21)7-16(22)20(25)23-15/h2-3,6-7,9-11H,4-5,8H2,1H3. The Morgan fingerprint density at radius 3 is 2.80 bits per heavy atom. The first-order valence-electron chi connectivity index (χ1n) is 9.16. The maximum absolute atomic E-state index is 11.9. The van der Waals surface area contributed by atoms with Crippen LogP contribution < -0.4 is 4.31 Å². The second-order valence-electron chi connectivity index (χ2n) is 7.20. The Balaban J connectivity index is 1.41. The van der Waals surface area contributed by atoms with Crippen LogP contribution >= 0.6 is 34.5 Å². The van der Waals surface area contributed by atoms with Crippen molar-refractivity contribution in [2.75, 3.05) is 17.1 Å². The van der Waals surface area contributed by atoms with Gasteiger partial charge in [0.1, 0.15) is 0 Å². The summed E-state index contributed by atoms with van der Waals surface area (Å²) in [5.41, 5.74) is 5.17. The van der Waals surface area contributed by atoms with Gasteiger partial charge in [0.25, 0.3) is 0 Å². The van der Waals surface area contributed by atoms with E-state index in [1.807, 2.05) is 34.2 Å². The maximum atomic E-state index is 11.9. The van der Waals surface area contributed by atoms with E-state index >= 15 is 0 Å². The van der Waals surface area contributed by atoms with Gasteiger partial charge in [-0.25, -0.2) is 18.4 Å². The van der Waals surface area contributed by atoms with E-state index in [0.29, 0.717) is 35.1 Å². The summed E-state index contributed by atoms with van der Waals surface area (Å²) < 4.78 is 27.1. The molecule has 0 radical (unpaired) electrons. The molecule has 0 aliphatic carbocycles. The fraction of sp³-hybridized carbons (Fsp3) is 0.200. The van der Waals surface area contributed by atoms with Crippen LogP contribution in [0.2, 0.25) is 10.0 Å². The number of thiazole rings is 1. The lowest BCUT2D eigenvalue weighted by Crippen LogP contribution is -2.27. The first-order chi connectivity index (χ1) is 14.3. The summed E-state index contributed by atoms with van der Waals surface area (Å²) in [5, 5.41) is 4.02. The van der Waals surface area contributed by atoms with Crippen LogP contribution in [0.1, 0.15) is 16.3 Å². The van der Waals surface area contributed by atoms with Crippen LogP contribution in [0.5, 0.6) is 0 Å². The third-order valence-corrected chi connectivity index (χ3v) is 7.55. The number of rotatable bonds is 4. The van der Waals surface area contributed by atoms with Crippen molar-refractivity contribution in [3.05, 3.63) is 68.3 Å². The summed E-state index contributed by atoms with van der Waals surface area (Å²) >= 11 is 13.9. The van der Waals surface area contributed by atoms with Gasteiger partial charge in [0.05, 0.1) is 38.4 Å². The quantitative estimate of drug-likeness (QED) is 0.427. The summed E-state index contributed by atoms with van der Waals surface area (Å²) in [6.07, 6.45) is 6.22. The van der Waals surface area contributed by atoms with Gasteiger partial charge in [-0.3, -0.25) is 4.31 Å². The maximum Gasteiger partial charge on any atom is 0.232 e. The predicted molar refractivity (Wildman–Crippen MR) is 121 cm³/mol. The Morgan fingerprint density at radius 2 is 2.00 bits per heavy atom. The number of anilines is 1. The Kier molecular flexibility index (Phi) is 4.77. The van der Waals surface area contributed by atoms with E-state index in [4.69, 9.17) is 28.2 Å². The molecular formula is C20H16Cl2N4O2S2. The molecule has 0 fully saturated rings. The van der Waals surface area contributed by atoms with Crippen LogP contribution in [-0.2, 0) is 22.9 Å². The van der Waals surface area contributed by atoms with Crippen molar-refractivity contribution in [2.45, 2.75) is 12.8 Å². The van der Waals surface area contributed by atoms with Crippen LogP contribution in [0.15, 0.2) is 42.0 Å². The van der Waals surface area contributed by atoms with Gasteiger partial charge in [0.15, 0.2) is 5.65 Å². The van der Waals surface area contributed by atoms with E-state index in [2.05, 4.69) is 4.98 Å². The molecule has 30 heavy (non-hydrogen) atoms. The third-order valence-electron chi connectivity index (χ3n) is 5.04. The molecule has 10 heteroatoms. The Bertz CT molecular complexity index is 1400. The van der Waals surface area contributed by atoms with Gasteiger partial charge in [-0.1, -0.05) is 29.3 Å². The molecule has 0 atom stereocenters. The molecule has 4 heterocycles. The number of halogens is 2. The van der Waals surface area contributed by atoms with Crippen molar-refractivity contribution < 1.29 is 8.42 Å². The molecule has 0 spiro atoms. The SMILES string of the molecule is CS(=O)(=O)N1CCc2cc(-c3csc(Cc4cn5cc(Cl)cc(Cl)c5n4)n3)ccc21. The summed E-state index contributed by atoms with van der Waals surface area (Å²) in [6.45, 7) is 0.487. The van der Waals surface area contributed by atoms with E-state index in [9.17, 15) is 8.42 Å². The van der Waals surface area contributed by atoms with Crippen LogP contribution in [0, 0.1) is 0 Å². The number of benzene rings is 1. The molecule has 3 aromatic heterocycles. The minimum absolute atomic E-state index is 0.487. The van der Waals surface area contributed by atoms with E-state index in [1.165, 1.54) is 10.6 Å². The minimum Gasteiger partial charge on any atom is -0.304 e. The van der Waals surface area contributed by atoms with Crippen LogP contribution in [-0.4, -0.2) is 35.6 Å². The van der Waals surface area contributed by atoms with Gasteiger partial charge < -0.3 is 4.40 Å². The number of hydrogen-bond donors (Lipinski definition) is 0. The van der Waals surface area contributed by atoms with Crippen LogP contribution in [0.25, 0.3) is 16.9 Å². The Labute approximate surface area is 187 Å². The van der Waals surface area contributed by atoms with Crippen molar-refractivity contribution in [1.82, 2.24) is 14.4 Å². The predicted octanol–water partition coefficient (Wildman–Crippen LogP) is 4.68. The molecule has 1 aromatic carbocycles. The molecular weight excluding hydrogens is 463 g/mol. The number of aromatic nitrogens is 3. The first-order valence-corrected chi connectivity index (χ1v) is 12.6. The summed E-state index contributed by atoms with van der Waals surface area (Å²) in [4.78, 5) is 9.34. The smallest absolute Gasteiger partial charge is 0.232 e. The van der Waals surface area contributed by atoms with Gasteiger partial charge in [0, 0.05) is 36.3 Å². The first kappa shape index (κ1) is 19.8. The zero-order chi connectivity index (χ0) is 21.0. The Hall–Kier alpha value is -2.13. The van der Waals surface area contributed by atoms with Crippen LogP contribution in [0.4, 0.5) is 5.69 Å². The van der Waals surface area contributed by atoms with Gasteiger partial charge in [-0.05, 0) is 30.2 Å². The zero-order valence-electron chi connectivity index (χ0n) is 15.8. The molecule has 1 aliphatic heterocycles. The van der Waals surface area contributed by atoms with Gasteiger partial charge >= 0.3 is 0 Å². The minimum atomic E-state index is -3.25. The van der Waals surface area contributed by atoms with Crippen molar-refractivity contribution in [2.24, 2.45) is 0 Å². The number of pyridine rings is 1. The van der Waals surface area contributed by atoms with E-state index in [1.54, 1.807) is 23.6 Å². The molecule has 0 bridgehead atoms. The summed E-state index contributed by atoms with van der Waals surface area (Å²) in [7, 11) is -3.25. The molecule has 0 unspecified atom stereocenters. The number of hydrogen-bond acceptors (Lipinski definition) is 5. The normalized spacial score (nSPS) is 13.9. The van der Waals surface area contributed by atoms with E-state index < -0.39 is 10.0 Å². The molecule has 0 N–H and O–H groups in total. The monoisotopic (exact) mass is 478 g/mol. The topological polar surface area (TPSA) is 67.6 Å². The molecule has 5 rings (SSSR count). The van der Waals surface area contributed by atoms with E-state index in [-0.39, 0.29) is 0 Å². The second-order valence-corrected chi connectivity index (χ2v) is 10.9. The number of sulfonamides is 1. The molecule has 0 saturated carbocycles. The highest BCUT2D eigenvalue weighted by molar-refractivity contribution is 7.92. The summed E-state index contributed by atoms with van der Waals surface area (Å²) in [6, 6.07) is 7.50. The fourth-order valence-electron chi connectivity index (χ4n) is 3.72. The lowest BCUT2D eigenvalue weighted by atomic mass is 10.1. The third kappa shape index (κ3) is 3.58. The largest absolute Gasteiger partial charge is 0.304 e. The van der Waals surface area contributed by atoms with Gasteiger partial charge in [-0.2, -0.15) is 0 Å². The number of nitrogens with zero attached hydrogens (tertiary/aromatic N) is 4. The van der Waals surface area contributed by atoms with Crippen molar-refractivity contribution in [1.29, 1.82) is 0 Å². The van der Waals surface area contributed by atoms with Crippen molar-refractivity contribution in [3.63, 3.8) is 0 Å². The molecule has 0 amide bonds. The zero-order valence-corrected chi connectivity index (χ0v) is 19.0. The highest BCUT2D eigenvalue weighted by atomic mass is 35.5. The molecule has 1 aliphatic rings. The molecule has 154 valence electrons. The van der Waals surface area contributed by atoms with Gasteiger partial charge in [0.2, 0.25) is 10.0 Å². The lowest BCUT2D eigenvalue weighted by Gasteiger charge is -2.16. The van der Waals surface area contributed by atoms with Gasteiger partial charge in [-0.15, -0.1) is 11.3 Å². The molecule has 6 nitrogen and oxygen atoms in total. The molecule has 0 saturated heterocycles. The van der Waals surface area contributed by atoms with E-state index in [0.717, 1.165) is 33.2 Å². The average Bonchev–Trinajstić information content (AvgIpc) is 3.38. The fourth-order valence-corrected chi connectivity index (χ4v) is 6.02. The van der Waals surface area contributed by atoms with Crippen LogP contribution in [0.3, 0.4) is 0 Å². The van der Waals surface area contributed by atoms with Crippen molar-refractivity contribution in [3.8, 4) is 11.3 Å². The van der Waals surface area contributed by atoms with Crippen molar-refractivity contribution >= 4 is 55.9 Å². The highest BCUT2D eigenvalue weighted by Gasteiger charge is 2.26. The second kappa shape index (κ2) is 7.23. The number of imidazole rings is 1. The lowest BCUT2D eigenvalue weighted by molar-refractivity contribution is 0.598. The molecule has 4 aromatic rings.